The summed E-state index contributed by atoms with van der Waals surface area (Å²) in [5, 5.41) is 0. The molecule has 2 aliphatic rings. The molecule has 1 heterocycles. The molecule has 0 bridgehead atoms. The predicted octanol–water partition coefficient (Wildman–Crippen LogP) is 2.99. The zero-order valence-electron chi connectivity index (χ0n) is 13.7. The molecule has 2 fully saturated rings. The van der Waals surface area contributed by atoms with E-state index in [-0.39, 0.29) is 12.0 Å². The number of carbonyl (C=O) groups is 1. The normalized spacial score (nSPS) is 24.3. The highest BCUT2D eigenvalue weighted by Crippen LogP contribution is 2.48. The van der Waals surface area contributed by atoms with Gasteiger partial charge in [-0.3, -0.25) is 4.79 Å². The van der Waals surface area contributed by atoms with Crippen LogP contribution < -0.4 is 4.74 Å². The van der Waals surface area contributed by atoms with Gasteiger partial charge in [-0.15, -0.1) is 6.58 Å². The zero-order valence-corrected chi connectivity index (χ0v) is 13.7. The van der Waals surface area contributed by atoms with Gasteiger partial charge in [0.1, 0.15) is 5.75 Å². The summed E-state index contributed by atoms with van der Waals surface area (Å²) in [6.45, 7) is 5.89. The molecule has 1 saturated carbocycles. The van der Waals surface area contributed by atoms with Gasteiger partial charge in [0.15, 0.2) is 0 Å². The standard InChI is InChI=1S/C19H25NO3/c1-3-12-23-16-8-10-20(11-9-16)19(21)18-13-17(18)14-4-6-15(22-2)7-5-14/h3-7,16-18H,1,8-13H2,2H3/t17-,18+/m0/s1. The highest BCUT2D eigenvalue weighted by molar-refractivity contribution is 5.83. The average molecular weight is 315 g/mol. The van der Waals surface area contributed by atoms with Crippen LogP contribution in [0.3, 0.4) is 0 Å². The van der Waals surface area contributed by atoms with Crippen LogP contribution in [0.2, 0.25) is 0 Å². The largest absolute Gasteiger partial charge is 0.497 e. The molecular weight excluding hydrogens is 290 g/mol. The van der Waals surface area contributed by atoms with Gasteiger partial charge in [0.25, 0.3) is 0 Å². The lowest BCUT2D eigenvalue weighted by molar-refractivity contribution is -0.135. The van der Waals surface area contributed by atoms with E-state index in [1.807, 2.05) is 17.0 Å². The maximum absolute atomic E-state index is 12.6. The quantitative estimate of drug-likeness (QED) is 0.758. The van der Waals surface area contributed by atoms with Gasteiger partial charge >= 0.3 is 0 Å². The number of hydrogen-bond acceptors (Lipinski definition) is 3. The van der Waals surface area contributed by atoms with Crippen LogP contribution in [0.25, 0.3) is 0 Å². The number of likely N-dealkylation sites (tertiary alicyclic amines) is 1. The molecule has 124 valence electrons. The number of carbonyl (C=O) groups excluding carboxylic acids is 1. The summed E-state index contributed by atoms with van der Waals surface area (Å²) >= 11 is 0. The van der Waals surface area contributed by atoms with Crippen molar-refractivity contribution in [2.24, 2.45) is 5.92 Å². The van der Waals surface area contributed by atoms with E-state index < -0.39 is 0 Å². The van der Waals surface area contributed by atoms with Crippen LogP contribution in [0.5, 0.6) is 5.75 Å². The lowest BCUT2D eigenvalue weighted by atomic mass is 10.1. The second-order valence-electron chi connectivity index (χ2n) is 6.37. The van der Waals surface area contributed by atoms with Crippen LogP contribution in [0.4, 0.5) is 0 Å². The number of ether oxygens (including phenoxy) is 2. The van der Waals surface area contributed by atoms with Crippen LogP contribution in [0.1, 0.15) is 30.7 Å². The van der Waals surface area contributed by atoms with Crippen molar-refractivity contribution in [3.8, 4) is 5.75 Å². The maximum atomic E-state index is 12.6. The average Bonchev–Trinajstić information content (AvgIpc) is 3.40. The Bertz CT molecular complexity index is 546. The molecular formula is C19H25NO3. The second-order valence-corrected chi connectivity index (χ2v) is 6.37. The van der Waals surface area contributed by atoms with E-state index in [2.05, 4.69) is 18.7 Å². The SMILES string of the molecule is C=CCOC1CCN(C(=O)[C@@H]2C[C@H]2c2ccc(OC)cc2)CC1. The third-order valence-corrected chi connectivity index (χ3v) is 4.86. The van der Waals surface area contributed by atoms with Gasteiger partial charge in [-0.25, -0.2) is 0 Å². The number of rotatable bonds is 6. The molecule has 0 unspecified atom stereocenters. The Morgan fingerprint density at radius 1 is 1.30 bits per heavy atom. The van der Waals surface area contributed by atoms with Gasteiger partial charge in [0, 0.05) is 19.0 Å². The Kier molecular flexibility index (Phi) is 5.01. The van der Waals surface area contributed by atoms with Gasteiger partial charge in [-0.2, -0.15) is 0 Å². The summed E-state index contributed by atoms with van der Waals surface area (Å²) in [6, 6.07) is 8.09. The maximum Gasteiger partial charge on any atom is 0.226 e. The van der Waals surface area contributed by atoms with Crippen LogP contribution >= 0.6 is 0 Å². The first-order valence-corrected chi connectivity index (χ1v) is 8.38. The van der Waals surface area contributed by atoms with Crippen LogP contribution in [0.15, 0.2) is 36.9 Å². The molecule has 1 saturated heterocycles. The summed E-state index contributed by atoms with van der Waals surface area (Å²) in [5.74, 6) is 1.71. The van der Waals surface area contributed by atoms with Gasteiger partial charge < -0.3 is 14.4 Å². The minimum absolute atomic E-state index is 0.161. The van der Waals surface area contributed by atoms with Crippen molar-refractivity contribution in [2.45, 2.75) is 31.3 Å². The highest BCUT2D eigenvalue weighted by Gasteiger charge is 2.46. The lowest BCUT2D eigenvalue weighted by Gasteiger charge is -2.32. The Morgan fingerprint density at radius 2 is 2.00 bits per heavy atom. The van der Waals surface area contributed by atoms with Crippen molar-refractivity contribution in [2.75, 3.05) is 26.8 Å². The van der Waals surface area contributed by atoms with Crippen LogP contribution in [-0.4, -0.2) is 43.7 Å². The van der Waals surface area contributed by atoms with Gasteiger partial charge in [-0.1, -0.05) is 18.2 Å². The zero-order chi connectivity index (χ0) is 16.2. The molecule has 1 aliphatic carbocycles. The number of nitrogens with zero attached hydrogens (tertiary/aromatic N) is 1. The molecule has 23 heavy (non-hydrogen) atoms. The first kappa shape index (κ1) is 16.1. The summed E-state index contributed by atoms with van der Waals surface area (Å²) < 4.78 is 10.9. The van der Waals surface area contributed by atoms with E-state index in [4.69, 9.17) is 9.47 Å². The predicted molar refractivity (Wildman–Crippen MR) is 89.6 cm³/mol. The molecule has 0 aromatic heterocycles. The number of methoxy groups -OCH3 is 1. The molecule has 4 heteroatoms. The molecule has 4 nitrogen and oxygen atoms in total. The summed E-state index contributed by atoms with van der Waals surface area (Å²) in [5.41, 5.74) is 1.24. The Hall–Kier alpha value is -1.81. The van der Waals surface area contributed by atoms with Crippen molar-refractivity contribution in [3.63, 3.8) is 0 Å². The van der Waals surface area contributed by atoms with E-state index in [1.165, 1.54) is 5.56 Å². The smallest absolute Gasteiger partial charge is 0.226 e. The van der Waals surface area contributed by atoms with Crippen molar-refractivity contribution in [1.29, 1.82) is 0 Å². The summed E-state index contributed by atoms with van der Waals surface area (Å²) in [4.78, 5) is 14.6. The molecule has 3 rings (SSSR count). The number of amides is 1. The number of benzene rings is 1. The fourth-order valence-electron chi connectivity index (χ4n) is 3.37. The van der Waals surface area contributed by atoms with Crippen molar-refractivity contribution < 1.29 is 14.3 Å². The lowest BCUT2D eigenvalue weighted by Crippen LogP contribution is -2.41. The van der Waals surface area contributed by atoms with Crippen LogP contribution in [0, 0.1) is 5.92 Å². The molecule has 1 amide bonds. The third kappa shape index (κ3) is 3.75. The van der Waals surface area contributed by atoms with E-state index in [1.54, 1.807) is 13.2 Å². The van der Waals surface area contributed by atoms with Crippen molar-refractivity contribution >= 4 is 5.91 Å². The Morgan fingerprint density at radius 3 is 2.61 bits per heavy atom. The van der Waals surface area contributed by atoms with Gasteiger partial charge in [0.2, 0.25) is 5.91 Å². The molecule has 0 N–H and O–H groups in total. The molecule has 0 radical (unpaired) electrons. The van der Waals surface area contributed by atoms with E-state index in [9.17, 15) is 4.79 Å². The minimum Gasteiger partial charge on any atom is -0.497 e. The van der Waals surface area contributed by atoms with Crippen molar-refractivity contribution in [1.82, 2.24) is 4.90 Å². The third-order valence-electron chi connectivity index (χ3n) is 4.86. The van der Waals surface area contributed by atoms with Crippen LogP contribution in [-0.2, 0) is 9.53 Å². The first-order valence-electron chi connectivity index (χ1n) is 8.38. The molecule has 1 aliphatic heterocycles. The summed E-state index contributed by atoms with van der Waals surface area (Å²) in [6.07, 6.45) is 4.88. The topological polar surface area (TPSA) is 38.8 Å². The second kappa shape index (κ2) is 7.18. The van der Waals surface area contributed by atoms with E-state index >= 15 is 0 Å². The molecule has 0 spiro atoms. The monoisotopic (exact) mass is 315 g/mol. The van der Waals surface area contributed by atoms with E-state index in [0.29, 0.717) is 18.4 Å². The minimum atomic E-state index is 0.161. The van der Waals surface area contributed by atoms with Gasteiger partial charge in [-0.05, 0) is 42.9 Å². The molecule has 1 aromatic carbocycles. The Labute approximate surface area is 138 Å². The summed E-state index contributed by atoms with van der Waals surface area (Å²) in [7, 11) is 1.67. The Balaban J connectivity index is 1.49. The number of piperidine rings is 1. The molecule has 1 aromatic rings. The van der Waals surface area contributed by atoms with Crippen molar-refractivity contribution in [3.05, 3.63) is 42.5 Å². The van der Waals surface area contributed by atoms with E-state index in [0.717, 1.165) is 38.1 Å². The fraction of sp³-hybridized carbons (Fsp3) is 0.526. The van der Waals surface area contributed by atoms with Gasteiger partial charge in [0.05, 0.1) is 19.8 Å². The fourth-order valence-corrected chi connectivity index (χ4v) is 3.37. The first-order chi connectivity index (χ1) is 11.2. The molecule has 2 atom stereocenters. The number of hydrogen-bond donors (Lipinski definition) is 0. The highest BCUT2D eigenvalue weighted by atomic mass is 16.5.